The zero-order valence-corrected chi connectivity index (χ0v) is 19.3. The van der Waals surface area contributed by atoms with E-state index in [9.17, 15) is 14.4 Å². The maximum atomic E-state index is 13.6. The standard InChI is InChI=1S/C25H31NO6/c1-6-12-32-17-10-8-16(9-11-17)21-20(25(29)31-7-2)15(4)26-18-13-14(3)19(24(28)30-5)23(27)22(18)21/h8-11,14,19,21,26H,6-7,12-13H2,1-5H3/t14-,19+,21-/m0/s1. The first-order chi connectivity index (χ1) is 15.3. The van der Waals surface area contributed by atoms with Crippen LogP contribution in [0.1, 0.15) is 52.0 Å². The molecule has 0 fully saturated rings. The summed E-state index contributed by atoms with van der Waals surface area (Å²) in [5.41, 5.74) is 2.95. The second-order valence-electron chi connectivity index (χ2n) is 8.17. The molecule has 0 bridgehead atoms. The lowest BCUT2D eigenvalue weighted by molar-refractivity contribution is -0.151. The van der Waals surface area contributed by atoms with E-state index in [1.807, 2.05) is 45.0 Å². The lowest BCUT2D eigenvalue weighted by Gasteiger charge is -2.38. The predicted molar refractivity (Wildman–Crippen MR) is 119 cm³/mol. The number of esters is 2. The molecule has 1 N–H and O–H groups in total. The van der Waals surface area contributed by atoms with Crippen molar-refractivity contribution >= 4 is 17.7 Å². The highest BCUT2D eigenvalue weighted by Gasteiger charge is 2.47. The quantitative estimate of drug-likeness (QED) is 0.510. The first kappa shape index (κ1) is 23.6. The van der Waals surface area contributed by atoms with Gasteiger partial charge in [0.1, 0.15) is 11.7 Å². The van der Waals surface area contributed by atoms with Crippen molar-refractivity contribution in [1.82, 2.24) is 5.32 Å². The molecule has 0 aromatic heterocycles. The fourth-order valence-corrected chi connectivity index (χ4v) is 4.47. The van der Waals surface area contributed by atoms with Crippen molar-refractivity contribution < 1.29 is 28.6 Å². The summed E-state index contributed by atoms with van der Waals surface area (Å²) in [4.78, 5) is 39.0. The molecule has 7 heteroatoms. The maximum absolute atomic E-state index is 13.6. The smallest absolute Gasteiger partial charge is 0.336 e. The number of ketones is 1. The monoisotopic (exact) mass is 441 g/mol. The first-order valence-electron chi connectivity index (χ1n) is 11.1. The third kappa shape index (κ3) is 4.42. The van der Waals surface area contributed by atoms with Crippen molar-refractivity contribution in [3.63, 3.8) is 0 Å². The molecule has 3 atom stereocenters. The van der Waals surface area contributed by atoms with Crippen LogP contribution in [0, 0.1) is 11.8 Å². The molecule has 1 aromatic carbocycles. The highest BCUT2D eigenvalue weighted by Crippen LogP contribution is 2.45. The molecule has 0 saturated carbocycles. The van der Waals surface area contributed by atoms with Crippen molar-refractivity contribution in [2.75, 3.05) is 20.3 Å². The van der Waals surface area contributed by atoms with Crippen molar-refractivity contribution in [1.29, 1.82) is 0 Å². The van der Waals surface area contributed by atoms with Crippen LogP contribution in [0.2, 0.25) is 0 Å². The summed E-state index contributed by atoms with van der Waals surface area (Å²) < 4.78 is 15.9. The Kier molecular flexibility index (Phi) is 7.38. The SMILES string of the molecule is CCCOc1ccc([C@H]2C(C(=O)OCC)=C(C)NC3=C2C(=O)[C@H](C(=O)OC)[C@@H](C)C3)cc1. The molecule has 32 heavy (non-hydrogen) atoms. The molecule has 1 aliphatic heterocycles. The van der Waals surface area contributed by atoms with E-state index in [0.717, 1.165) is 17.7 Å². The summed E-state index contributed by atoms with van der Waals surface area (Å²) in [6.45, 7) is 8.26. The van der Waals surface area contributed by atoms with Crippen LogP contribution in [-0.2, 0) is 23.9 Å². The van der Waals surface area contributed by atoms with Gasteiger partial charge < -0.3 is 19.5 Å². The molecule has 3 rings (SSSR count). The van der Waals surface area contributed by atoms with Gasteiger partial charge >= 0.3 is 11.9 Å². The van der Waals surface area contributed by atoms with Crippen LogP contribution >= 0.6 is 0 Å². The molecule has 0 unspecified atom stereocenters. The van der Waals surface area contributed by atoms with Gasteiger partial charge in [-0.05, 0) is 50.3 Å². The topological polar surface area (TPSA) is 90.9 Å². The number of carbonyl (C=O) groups is 3. The van der Waals surface area contributed by atoms with Gasteiger partial charge in [-0.2, -0.15) is 0 Å². The second kappa shape index (κ2) is 10.0. The fraction of sp³-hybridized carbons (Fsp3) is 0.480. The average Bonchev–Trinajstić information content (AvgIpc) is 2.77. The number of Topliss-reactive ketones (excluding diaryl/α,β-unsaturated/α-hetero) is 1. The van der Waals surface area contributed by atoms with Crippen molar-refractivity contribution in [3.05, 3.63) is 52.4 Å². The highest BCUT2D eigenvalue weighted by molar-refractivity contribution is 6.12. The summed E-state index contributed by atoms with van der Waals surface area (Å²) in [5.74, 6) is -2.41. The molecule has 7 nitrogen and oxygen atoms in total. The van der Waals surface area contributed by atoms with E-state index in [0.29, 0.717) is 35.6 Å². The van der Waals surface area contributed by atoms with E-state index in [-0.39, 0.29) is 18.3 Å². The second-order valence-corrected chi connectivity index (χ2v) is 8.17. The summed E-state index contributed by atoms with van der Waals surface area (Å²) in [5, 5.41) is 3.25. The minimum atomic E-state index is -0.905. The molecule has 0 radical (unpaired) electrons. The maximum Gasteiger partial charge on any atom is 0.336 e. The number of ether oxygens (including phenoxy) is 3. The number of methoxy groups -OCH3 is 1. The van der Waals surface area contributed by atoms with Crippen LogP contribution < -0.4 is 10.1 Å². The van der Waals surface area contributed by atoms with E-state index in [1.54, 1.807) is 6.92 Å². The molecular weight excluding hydrogens is 410 g/mol. The minimum absolute atomic E-state index is 0.216. The van der Waals surface area contributed by atoms with Gasteiger partial charge in [0.15, 0.2) is 5.78 Å². The van der Waals surface area contributed by atoms with Gasteiger partial charge in [0.05, 0.1) is 25.9 Å². The number of nitrogens with one attached hydrogen (secondary N) is 1. The molecule has 1 heterocycles. The van der Waals surface area contributed by atoms with Gasteiger partial charge in [-0.1, -0.05) is 26.0 Å². The van der Waals surface area contributed by atoms with Crippen LogP contribution in [-0.4, -0.2) is 38.0 Å². The first-order valence-corrected chi connectivity index (χ1v) is 11.1. The number of hydrogen-bond donors (Lipinski definition) is 1. The largest absolute Gasteiger partial charge is 0.494 e. The molecule has 0 spiro atoms. The Balaban J connectivity index is 2.11. The molecule has 1 aromatic rings. The zero-order valence-electron chi connectivity index (χ0n) is 19.3. The van der Waals surface area contributed by atoms with Gasteiger partial charge in [0.25, 0.3) is 0 Å². The van der Waals surface area contributed by atoms with Gasteiger partial charge in [-0.3, -0.25) is 9.59 Å². The summed E-state index contributed by atoms with van der Waals surface area (Å²) in [6, 6.07) is 7.38. The Morgan fingerprint density at radius 3 is 2.44 bits per heavy atom. The average molecular weight is 442 g/mol. The Hall–Kier alpha value is -3.09. The normalized spacial score (nSPS) is 22.8. The number of dihydropyridines is 1. The van der Waals surface area contributed by atoms with E-state index < -0.39 is 23.8 Å². The van der Waals surface area contributed by atoms with Gasteiger partial charge in [0, 0.05) is 22.9 Å². The lowest BCUT2D eigenvalue weighted by atomic mass is 9.69. The molecule has 1 aliphatic carbocycles. The van der Waals surface area contributed by atoms with Gasteiger partial charge in [0.2, 0.25) is 0 Å². The summed E-state index contributed by atoms with van der Waals surface area (Å²) in [6.07, 6.45) is 1.39. The van der Waals surface area contributed by atoms with Crippen LogP contribution in [0.4, 0.5) is 0 Å². The van der Waals surface area contributed by atoms with Crippen molar-refractivity contribution in [3.8, 4) is 5.75 Å². The highest BCUT2D eigenvalue weighted by atomic mass is 16.5. The van der Waals surface area contributed by atoms with E-state index >= 15 is 0 Å². The van der Waals surface area contributed by atoms with Gasteiger partial charge in [-0.15, -0.1) is 0 Å². The van der Waals surface area contributed by atoms with Crippen LogP contribution in [0.5, 0.6) is 5.75 Å². The van der Waals surface area contributed by atoms with Crippen LogP contribution in [0.15, 0.2) is 46.8 Å². The number of allylic oxidation sites excluding steroid dienone is 3. The zero-order chi connectivity index (χ0) is 23.4. The number of hydrogen-bond acceptors (Lipinski definition) is 7. The van der Waals surface area contributed by atoms with Crippen LogP contribution in [0.25, 0.3) is 0 Å². The Morgan fingerprint density at radius 2 is 1.84 bits per heavy atom. The number of rotatable bonds is 7. The minimum Gasteiger partial charge on any atom is -0.494 e. The Labute approximate surface area is 188 Å². The van der Waals surface area contributed by atoms with Gasteiger partial charge in [-0.25, -0.2) is 4.79 Å². The third-order valence-corrected chi connectivity index (χ3v) is 5.92. The summed E-state index contributed by atoms with van der Waals surface area (Å²) >= 11 is 0. The van der Waals surface area contributed by atoms with E-state index in [4.69, 9.17) is 14.2 Å². The van der Waals surface area contributed by atoms with Crippen molar-refractivity contribution in [2.45, 2.75) is 46.5 Å². The van der Waals surface area contributed by atoms with Crippen molar-refractivity contribution in [2.24, 2.45) is 11.8 Å². The fourth-order valence-electron chi connectivity index (χ4n) is 4.47. The molecule has 0 amide bonds. The van der Waals surface area contributed by atoms with E-state index in [2.05, 4.69) is 5.32 Å². The Bertz CT molecular complexity index is 959. The molecular formula is C25H31NO6. The lowest BCUT2D eigenvalue weighted by Crippen LogP contribution is -2.43. The molecule has 2 aliphatic rings. The van der Waals surface area contributed by atoms with Crippen LogP contribution in [0.3, 0.4) is 0 Å². The molecule has 0 saturated heterocycles. The number of benzene rings is 1. The summed E-state index contributed by atoms with van der Waals surface area (Å²) in [7, 11) is 1.28. The third-order valence-electron chi connectivity index (χ3n) is 5.92. The Morgan fingerprint density at radius 1 is 1.16 bits per heavy atom. The molecule has 172 valence electrons. The predicted octanol–water partition coefficient (Wildman–Crippen LogP) is 3.65. The number of carbonyl (C=O) groups excluding carboxylic acids is 3. The van der Waals surface area contributed by atoms with E-state index in [1.165, 1.54) is 7.11 Å².